The molecule has 1 aromatic heterocycles. The van der Waals surface area contributed by atoms with Crippen LogP contribution in [0.1, 0.15) is 53.0 Å². The van der Waals surface area contributed by atoms with Gasteiger partial charge < -0.3 is 15.5 Å². The van der Waals surface area contributed by atoms with E-state index in [9.17, 15) is 9.18 Å². The summed E-state index contributed by atoms with van der Waals surface area (Å²) in [7, 11) is 0. The van der Waals surface area contributed by atoms with E-state index < -0.39 is 0 Å². The predicted octanol–water partition coefficient (Wildman–Crippen LogP) is 5.30. The molecule has 0 spiro atoms. The fourth-order valence-corrected chi connectivity index (χ4v) is 7.57. The van der Waals surface area contributed by atoms with Crippen LogP contribution in [0.3, 0.4) is 0 Å². The third-order valence-corrected chi connectivity index (χ3v) is 10.1. The summed E-state index contributed by atoms with van der Waals surface area (Å²) >= 11 is 0. The van der Waals surface area contributed by atoms with Crippen LogP contribution in [0.2, 0.25) is 0 Å². The molecule has 4 fully saturated rings. The van der Waals surface area contributed by atoms with Crippen LogP contribution in [0, 0.1) is 29.0 Å². The van der Waals surface area contributed by atoms with Gasteiger partial charge >= 0.3 is 0 Å². The highest BCUT2D eigenvalue weighted by molar-refractivity contribution is 5.96. The van der Waals surface area contributed by atoms with Gasteiger partial charge in [0.25, 0.3) is 5.56 Å². The van der Waals surface area contributed by atoms with Gasteiger partial charge in [0.15, 0.2) is 5.96 Å². The quantitative estimate of drug-likeness (QED) is 0.329. The van der Waals surface area contributed by atoms with Gasteiger partial charge in [-0.25, -0.2) is 14.4 Å². The van der Waals surface area contributed by atoms with Crippen molar-refractivity contribution >= 4 is 22.5 Å². The van der Waals surface area contributed by atoms with Crippen molar-refractivity contribution in [3.8, 4) is 0 Å². The van der Waals surface area contributed by atoms with Crippen molar-refractivity contribution in [3.63, 3.8) is 0 Å². The van der Waals surface area contributed by atoms with Gasteiger partial charge in [-0.2, -0.15) is 0 Å². The number of rotatable bonds is 5. The zero-order valence-electron chi connectivity index (χ0n) is 24.9. The van der Waals surface area contributed by atoms with E-state index in [4.69, 9.17) is 4.99 Å². The van der Waals surface area contributed by atoms with Crippen LogP contribution in [0.15, 0.2) is 58.6 Å². The van der Waals surface area contributed by atoms with E-state index in [1.807, 2.05) is 18.2 Å². The lowest BCUT2D eigenvalue weighted by atomic mass is 9.45. The Morgan fingerprint density at radius 1 is 1.10 bits per heavy atom. The second kappa shape index (κ2) is 10.9. The first-order valence-electron chi connectivity index (χ1n) is 15.2. The van der Waals surface area contributed by atoms with Gasteiger partial charge in [0, 0.05) is 37.4 Å². The Morgan fingerprint density at radius 2 is 1.83 bits per heavy atom. The molecule has 2 bridgehead atoms. The van der Waals surface area contributed by atoms with Crippen LogP contribution in [-0.2, 0) is 13.0 Å². The Bertz CT molecular complexity index is 1490. The Morgan fingerprint density at radius 3 is 2.51 bits per heavy atom. The second-order valence-corrected chi connectivity index (χ2v) is 13.3. The minimum Gasteiger partial charge on any atom is -0.340 e. The first-order chi connectivity index (χ1) is 19.6. The summed E-state index contributed by atoms with van der Waals surface area (Å²) in [6.45, 7) is 14.0. The summed E-state index contributed by atoms with van der Waals surface area (Å²) in [5.74, 6) is 2.69. The number of anilines is 1. The number of hydrogen-bond donors (Lipinski definition) is 2. The fraction of sp³-hybridized carbons (Fsp3) is 0.545. The molecule has 2 heterocycles. The van der Waals surface area contributed by atoms with Gasteiger partial charge in [-0.3, -0.25) is 9.36 Å². The number of hydrogen-bond acceptors (Lipinski definition) is 4. The molecule has 7 nitrogen and oxygen atoms in total. The molecular formula is C33H43FN6O. The SMILES string of the molecule is C[C@@H]1C(N=C(Nc2ccc3c(=O)n(CCc4ccc(F)cc4)cnc3c2)N2C[C@H](C)N[C@@H](C)C2)C[C@@H]2C[C@H]1C2(C)C. The number of aryl methyl sites for hydroxylation is 2. The lowest BCUT2D eigenvalue weighted by Gasteiger charge is -2.61. The van der Waals surface area contributed by atoms with Gasteiger partial charge in [-0.1, -0.05) is 32.9 Å². The molecule has 218 valence electrons. The van der Waals surface area contributed by atoms with Crippen molar-refractivity contribution < 1.29 is 4.39 Å². The van der Waals surface area contributed by atoms with E-state index in [0.29, 0.717) is 53.3 Å². The van der Waals surface area contributed by atoms with Crippen LogP contribution >= 0.6 is 0 Å². The molecule has 2 N–H and O–H groups in total. The van der Waals surface area contributed by atoms with Crippen LogP contribution in [0.5, 0.6) is 0 Å². The van der Waals surface area contributed by atoms with E-state index in [0.717, 1.165) is 48.6 Å². The smallest absolute Gasteiger partial charge is 0.261 e. The van der Waals surface area contributed by atoms with E-state index >= 15 is 0 Å². The first kappa shape index (κ1) is 27.9. The maximum absolute atomic E-state index is 13.2. The number of nitrogens with one attached hydrogen (secondary N) is 2. The molecule has 3 saturated carbocycles. The topological polar surface area (TPSA) is 74.5 Å². The van der Waals surface area contributed by atoms with Crippen LogP contribution in [0.25, 0.3) is 10.9 Å². The molecule has 7 rings (SSSR count). The number of nitrogens with zero attached hydrogens (tertiary/aromatic N) is 4. The van der Waals surface area contributed by atoms with Crippen LogP contribution < -0.4 is 16.2 Å². The van der Waals surface area contributed by atoms with E-state index in [2.05, 4.69) is 55.1 Å². The Labute approximate surface area is 242 Å². The summed E-state index contributed by atoms with van der Waals surface area (Å²) in [6.07, 6.45) is 4.73. The normalized spacial score (nSPS) is 29.3. The van der Waals surface area contributed by atoms with E-state index in [1.54, 1.807) is 23.0 Å². The predicted molar refractivity (Wildman–Crippen MR) is 164 cm³/mol. The Balaban J connectivity index is 1.24. The molecule has 8 heteroatoms. The highest BCUT2D eigenvalue weighted by atomic mass is 19.1. The molecule has 3 aliphatic carbocycles. The Hall–Kier alpha value is -3.26. The summed E-state index contributed by atoms with van der Waals surface area (Å²) in [5.41, 5.74) is 2.88. The van der Waals surface area contributed by atoms with Crippen molar-refractivity contribution in [3.05, 3.63) is 70.5 Å². The van der Waals surface area contributed by atoms with Crippen molar-refractivity contribution in [1.29, 1.82) is 0 Å². The van der Waals surface area contributed by atoms with Crippen molar-refractivity contribution in [2.24, 2.45) is 28.2 Å². The van der Waals surface area contributed by atoms with Gasteiger partial charge in [-0.05, 0) is 92.2 Å². The van der Waals surface area contributed by atoms with E-state index in [1.165, 1.54) is 18.6 Å². The molecule has 4 aliphatic rings. The molecule has 1 unspecified atom stereocenters. The largest absolute Gasteiger partial charge is 0.340 e. The first-order valence-corrected chi connectivity index (χ1v) is 15.2. The monoisotopic (exact) mass is 558 g/mol. The number of benzene rings is 2. The molecule has 0 radical (unpaired) electrons. The molecule has 41 heavy (non-hydrogen) atoms. The minimum absolute atomic E-state index is 0.0693. The second-order valence-electron chi connectivity index (χ2n) is 13.3. The number of guanidine groups is 1. The van der Waals surface area contributed by atoms with Gasteiger partial charge in [0.05, 0.1) is 23.3 Å². The zero-order chi connectivity index (χ0) is 28.9. The molecule has 0 amide bonds. The summed E-state index contributed by atoms with van der Waals surface area (Å²) in [5, 5.41) is 7.88. The maximum Gasteiger partial charge on any atom is 0.261 e. The van der Waals surface area contributed by atoms with Gasteiger partial charge in [-0.15, -0.1) is 0 Å². The number of aromatic nitrogens is 2. The van der Waals surface area contributed by atoms with Crippen LogP contribution in [0.4, 0.5) is 10.1 Å². The van der Waals surface area contributed by atoms with E-state index in [-0.39, 0.29) is 11.4 Å². The third kappa shape index (κ3) is 5.51. The molecule has 1 saturated heterocycles. The highest BCUT2D eigenvalue weighted by Gasteiger charge is 2.56. The standard InChI is InChI=1S/C33H43FN6O/c1-20-17-40(18-21(2)36-20)32(38-29-15-24-14-28(22(29)3)33(24,4)5)37-26-10-11-27-30(16-26)35-19-39(31(27)41)13-12-23-6-8-25(34)9-7-23/h6-11,16,19-22,24,28-29,36H,12-15,17-18H2,1-5H3,(H,37,38)/t20-,21-,22-,24-,28+,29?/m0/s1. The maximum atomic E-state index is 13.2. The lowest BCUT2D eigenvalue weighted by molar-refractivity contribution is -0.108. The van der Waals surface area contributed by atoms with Crippen LogP contribution in [-0.4, -0.2) is 51.6 Å². The summed E-state index contributed by atoms with van der Waals surface area (Å²) in [4.78, 5) is 25.7. The molecule has 1 aliphatic heterocycles. The van der Waals surface area contributed by atoms with Crippen molar-refractivity contribution in [1.82, 2.24) is 19.8 Å². The number of piperazine rings is 1. The number of fused-ring (bicyclic) bond motifs is 3. The molecule has 2 aromatic carbocycles. The Kier molecular flexibility index (Phi) is 7.39. The zero-order valence-corrected chi connectivity index (χ0v) is 24.9. The minimum atomic E-state index is -0.259. The van der Waals surface area contributed by atoms with Gasteiger partial charge in [0.1, 0.15) is 5.82 Å². The lowest BCUT2D eigenvalue weighted by Crippen LogP contribution is -2.59. The summed E-state index contributed by atoms with van der Waals surface area (Å²) in [6, 6.07) is 13.2. The number of aliphatic imine (C=N–C) groups is 1. The highest BCUT2D eigenvalue weighted by Crippen LogP contribution is 2.61. The number of halogens is 1. The molecule has 3 aromatic rings. The summed E-state index contributed by atoms with van der Waals surface area (Å²) < 4.78 is 14.9. The molecular weight excluding hydrogens is 515 g/mol. The van der Waals surface area contributed by atoms with Crippen molar-refractivity contribution in [2.75, 3.05) is 18.4 Å². The molecule has 6 atom stereocenters. The third-order valence-electron chi connectivity index (χ3n) is 10.1. The average molecular weight is 559 g/mol. The van der Waals surface area contributed by atoms with Gasteiger partial charge in [0.2, 0.25) is 0 Å². The average Bonchev–Trinajstić information content (AvgIpc) is 2.93. The fourth-order valence-electron chi connectivity index (χ4n) is 7.57. The van der Waals surface area contributed by atoms with Crippen molar-refractivity contribution in [2.45, 2.75) is 78.6 Å².